The Hall–Kier alpha value is -2.97. The molecule has 1 N–H and O–H groups in total. The number of phenols is 1. The van der Waals surface area contributed by atoms with Crippen molar-refractivity contribution >= 4 is 6.08 Å². The quantitative estimate of drug-likeness (QED) is 0.334. The van der Waals surface area contributed by atoms with Crippen LogP contribution in [0.1, 0.15) is 55.4 Å². The van der Waals surface area contributed by atoms with Crippen molar-refractivity contribution in [2.75, 3.05) is 33.3 Å². The molecule has 1 saturated carbocycles. The fraction of sp³-hybridized carbons (Fsp3) is 0.529. The van der Waals surface area contributed by atoms with Gasteiger partial charge in [-0.25, -0.2) is 0 Å². The number of hydrogen-bond acceptors (Lipinski definition) is 5. The number of methoxy groups -OCH3 is 1. The maximum absolute atomic E-state index is 13.3. The van der Waals surface area contributed by atoms with Crippen LogP contribution in [0.5, 0.6) is 17.2 Å². The molecule has 5 atom stereocenters. The summed E-state index contributed by atoms with van der Waals surface area (Å²) in [5.41, 5.74) is 1.82. The van der Waals surface area contributed by atoms with Gasteiger partial charge in [0.25, 0.3) is 0 Å². The van der Waals surface area contributed by atoms with Gasteiger partial charge in [0.05, 0.1) is 12.7 Å². The second-order valence-electron chi connectivity index (χ2n) is 12.8. The molecule has 2 heterocycles. The Morgan fingerprint density at radius 3 is 2.79 bits per heavy atom. The normalized spacial score (nSPS) is 28.3. The third-order valence-corrected chi connectivity index (χ3v) is 10.0. The van der Waals surface area contributed by atoms with Gasteiger partial charge in [-0.2, -0.15) is 13.2 Å². The van der Waals surface area contributed by atoms with E-state index in [4.69, 9.17) is 9.47 Å². The minimum absolute atomic E-state index is 0.102. The molecule has 2 bridgehead atoms. The number of halogens is 3. The van der Waals surface area contributed by atoms with Crippen molar-refractivity contribution in [3.8, 4) is 17.2 Å². The van der Waals surface area contributed by atoms with Crippen LogP contribution in [0.3, 0.4) is 0 Å². The van der Waals surface area contributed by atoms with Crippen LogP contribution in [0.15, 0.2) is 49.1 Å². The molecule has 5 nitrogen and oxygen atoms in total. The largest absolute Gasteiger partial charge is 0.508 e. The SMILES string of the molecule is C=CCN1CC[C@]23c4c5c(O)cc(OC)c4O[C@H]2[C@@H](N(CC=Cc2cccc(C(F)(F)F)c2)CC(C)C)CC[C@H]3[C@H]1C5. The molecule has 2 aliphatic heterocycles. The molecular weight excluding hydrogens is 541 g/mol. The Morgan fingerprint density at radius 2 is 2.07 bits per heavy atom. The van der Waals surface area contributed by atoms with Crippen molar-refractivity contribution in [1.29, 1.82) is 0 Å². The molecule has 42 heavy (non-hydrogen) atoms. The first-order valence-corrected chi connectivity index (χ1v) is 15.1. The number of likely N-dealkylation sites (tertiary alicyclic amines) is 1. The zero-order valence-corrected chi connectivity index (χ0v) is 24.7. The number of hydrogen-bond donors (Lipinski definition) is 1. The molecule has 226 valence electrons. The number of ether oxygens (including phenoxy) is 2. The Kier molecular flexibility index (Phi) is 7.59. The molecule has 1 saturated heterocycles. The molecule has 8 heteroatoms. The molecule has 4 aliphatic rings. The van der Waals surface area contributed by atoms with Crippen molar-refractivity contribution in [1.82, 2.24) is 9.80 Å². The lowest BCUT2D eigenvalue weighted by Gasteiger charge is -2.60. The third-order valence-electron chi connectivity index (χ3n) is 10.0. The summed E-state index contributed by atoms with van der Waals surface area (Å²) in [6.45, 7) is 11.6. The molecule has 2 aromatic rings. The number of nitrogens with zero attached hydrogens (tertiary/aromatic N) is 2. The van der Waals surface area contributed by atoms with E-state index in [1.165, 1.54) is 12.1 Å². The summed E-state index contributed by atoms with van der Waals surface area (Å²) in [6, 6.07) is 7.59. The Balaban J connectivity index is 1.36. The van der Waals surface area contributed by atoms with Gasteiger partial charge in [-0.15, -0.1) is 6.58 Å². The second kappa shape index (κ2) is 10.9. The molecule has 0 radical (unpaired) electrons. The van der Waals surface area contributed by atoms with E-state index >= 15 is 0 Å². The number of rotatable bonds is 9. The van der Waals surface area contributed by atoms with Crippen LogP contribution in [0.25, 0.3) is 6.08 Å². The van der Waals surface area contributed by atoms with Gasteiger partial charge in [-0.3, -0.25) is 9.80 Å². The molecule has 6 rings (SSSR count). The van der Waals surface area contributed by atoms with Crippen LogP contribution in [0, 0.1) is 11.8 Å². The average Bonchev–Trinajstić information content (AvgIpc) is 3.28. The first kappa shape index (κ1) is 29.1. The van der Waals surface area contributed by atoms with E-state index in [2.05, 4.69) is 30.2 Å². The van der Waals surface area contributed by atoms with E-state index in [-0.39, 0.29) is 23.3 Å². The van der Waals surface area contributed by atoms with Gasteiger partial charge >= 0.3 is 6.18 Å². The molecule has 2 aliphatic carbocycles. The molecular formula is C34H41F3N2O3. The van der Waals surface area contributed by atoms with Crippen LogP contribution in [-0.4, -0.2) is 66.4 Å². The number of benzene rings is 2. The average molecular weight is 583 g/mol. The molecule has 0 unspecified atom stereocenters. The summed E-state index contributed by atoms with van der Waals surface area (Å²) in [7, 11) is 1.62. The molecule has 2 aromatic carbocycles. The van der Waals surface area contributed by atoms with Crippen LogP contribution >= 0.6 is 0 Å². The van der Waals surface area contributed by atoms with E-state index in [9.17, 15) is 18.3 Å². The van der Waals surface area contributed by atoms with E-state index in [0.717, 1.165) is 68.3 Å². The Labute approximate surface area is 246 Å². The van der Waals surface area contributed by atoms with E-state index in [1.54, 1.807) is 25.3 Å². The first-order chi connectivity index (χ1) is 20.1. The predicted octanol–water partition coefficient (Wildman–Crippen LogP) is 6.68. The van der Waals surface area contributed by atoms with Gasteiger partial charge in [0.2, 0.25) is 0 Å². The van der Waals surface area contributed by atoms with E-state index in [1.807, 2.05) is 12.2 Å². The maximum Gasteiger partial charge on any atom is 0.416 e. The number of phenolic OH excluding ortho intramolecular Hbond substituents is 1. The lowest BCUT2D eigenvalue weighted by molar-refractivity contribution is -0.137. The summed E-state index contributed by atoms with van der Waals surface area (Å²) in [4.78, 5) is 4.98. The van der Waals surface area contributed by atoms with Gasteiger partial charge in [-0.1, -0.05) is 44.2 Å². The monoisotopic (exact) mass is 582 g/mol. The minimum atomic E-state index is -4.37. The molecule has 2 fully saturated rings. The lowest BCUT2D eigenvalue weighted by atomic mass is 9.50. The highest BCUT2D eigenvalue weighted by Gasteiger charge is 2.66. The van der Waals surface area contributed by atoms with Crippen molar-refractivity contribution in [3.05, 3.63) is 71.3 Å². The lowest BCUT2D eigenvalue weighted by Crippen LogP contribution is -2.69. The van der Waals surface area contributed by atoms with Crippen LogP contribution < -0.4 is 9.47 Å². The second-order valence-corrected chi connectivity index (χ2v) is 12.8. The zero-order valence-electron chi connectivity index (χ0n) is 24.7. The van der Waals surface area contributed by atoms with Gasteiger partial charge < -0.3 is 14.6 Å². The standard InChI is InChI=1S/C34H41F3N2O3/c1-5-14-38-16-13-33-25-11-12-26(32(33)42-31-29(41-4)19-28(40)24(30(31)33)18-27(25)38)39(20-21(2)3)15-7-9-22-8-6-10-23(17-22)34(35,36)37/h5-10,17,19,21,25-27,32,40H,1,11-16,18,20H2,2-4H3/t25-,26-,27+,32-,33-/m0/s1. The third kappa shape index (κ3) is 4.71. The zero-order chi connectivity index (χ0) is 29.8. The van der Waals surface area contributed by atoms with Crippen LogP contribution in [0.4, 0.5) is 13.2 Å². The predicted molar refractivity (Wildman–Crippen MR) is 158 cm³/mol. The van der Waals surface area contributed by atoms with Crippen molar-refractivity contribution < 1.29 is 27.8 Å². The highest BCUT2D eigenvalue weighted by molar-refractivity contribution is 5.65. The fourth-order valence-corrected chi connectivity index (χ4v) is 8.53. The van der Waals surface area contributed by atoms with Gasteiger partial charge in [0, 0.05) is 54.3 Å². The van der Waals surface area contributed by atoms with E-state index < -0.39 is 11.7 Å². The summed E-state index contributed by atoms with van der Waals surface area (Å²) in [5, 5.41) is 11.2. The van der Waals surface area contributed by atoms with Gasteiger partial charge in [0.15, 0.2) is 11.5 Å². The van der Waals surface area contributed by atoms with Gasteiger partial charge in [-0.05, 0) is 61.8 Å². The maximum atomic E-state index is 13.3. The summed E-state index contributed by atoms with van der Waals surface area (Å²) in [6.07, 6.45) is 5.02. The molecule has 0 aromatic heterocycles. The minimum Gasteiger partial charge on any atom is -0.508 e. The first-order valence-electron chi connectivity index (χ1n) is 15.1. The van der Waals surface area contributed by atoms with Crippen molar-refractivity contribution in [2.45, 2.75) is 69.3 Å². The number of alkyl halides is 3. The molecule has 1 spiro atoms. The summed E-state index contributed by atoms with van der Waals surface area (Å²) < 4.78 is 52.6. The Morgan fingerprint density at radius 1 is 1.26 bits per heavy atom. The van der Waals surface area contributed by atoms with Crippen molar-refractivity contribution in [3.63, 3.8) is 0 Å². The highest BCUT2D eigenvalue weighted by atomic mass is 19.4. The Bertz CT molecular complexity index is 1370. The van der Waals surface area contributed by atoms with Gasteiger partial charge in [0.1, 0.15) is 11.9 Å². The highest BCUT2D eigenvalue weighted by Crippen LogP contribution is 2.65. The van der Waals surface area contributed by atoms with Crippen LogP contribution in [0.2, 0.25) is 0 Å². The summed E-state index contributed by atoms with van der Waals surface area (Å²) in [5.74, 6) is 2.44. The fourth-order valence-electron chi connectivity index (χ4n) is 8.53. The topological polar surface area (TPSA) is 45.2 Å². The molecule has 0 amide bonds. The van der Waals surface area contributed by atoms with E-state index in [0.29, 0.717) is 35.7 Å². The van der Waals surface area contributed by atoms with Crippen molar-refractivity contribution in [2.24, 2.45) is 11.8 Å². The van der Waals surface area contributed by atoms with Crippen LogP contribution in [-0.2, 0) is 18.0 Å². The number of aromatic hydroxyl groups is 1. The summed E-state index contributed by atoms with van der Waals surface area (Å²) >= 11 is 0. The number of piperidine rings is 1. The smallest absolute Gasteiger partial charge is 0.416 e.